The van der Waals surface area contributed by atoms with E-state index in [4.69, 9.17) is 4.74 Å². The van der Waals surface area contributed by atoms with Crippen molar-refractivity contribution in [3.63, 3.8) is 0 Å². The lowest BCUT2D eigenvalue weighted by Crippen LogP contribution is -2.45. The number of nitrogens with one attached hydrogen (secondary N) is 1. The van der Waals surface area contributed by atoms with Crippen LogP contribution in [0.2, 0.25) is 0 Å². The molecule has 2 atom stereocenters. The maximum absolute atomic E-state index is 12.5. The maximum Gasteiger partial charge on any atom is 0.305 e. The van der Waals surface area contributed by atoms with Gasteiger partial charge in [-0.1, -0.05) is 269 Å². The number of allylic oxidation sites excluding steroid dienone is 4. The van der Waals surface area contributed by atoms with Gasteiger partial charge in [0.1, 0.15) is 0 Å². The fraction of sp³-hybridized carbons (Fsp3) is 0.898. The van der Waals surface area contributed by atoms with E-state index in [1.54, 1.807) is 0 Å². The molecule has 0 saturated carbocycles. The zero-order valence-electron chi connectivity index (χ0n) is 43.7. The first-order chi connectivity index (χ1) is 32.0. The molecule has 0 aliphatic rings. The Morgan fingerprint density at radius 3 is 1.18 bits per heavy atom. The largest absolute Gasteiger partial charge is 0.466 e. The van der Waals surface area contributed by atoms with Crippen LogP contribution in [0.1, 0.15) is 316 Å². The van der Waals surface area contributed by atoms with Crippen LogP contribution >= 0.6 is 0 Å². The lowest BCUT2D eigenvalue weighted by Gasteiger charge is -2.22. The van der Waals surface area contributed by atoms with Crippen molar-refractivity contribution in [2.24, 2.45) is 0 Å². The van der Waals surface area contributed by atoms with Crippen LogP contribution in [0.25, 0.3) is 0 Å². The van der Waals surface area contributed by atoms with Crippen LogP contribution in [0.15, 0.2) is 24.3 Å². The van der Waals surface area contributed by atoms with Crippen molar-refractivity contribution >= 4 is 11.9 Å². The van der Waals surface area contributed by atoms with E-state index in [0.29, 0.717) is 25.9 Å². The van der Waals surface area contributed by atoms with Crippen molar-refractivity contribution in [1.29, 1.82) is 0 Å². The minimum absolute atomic E-state index is 0.0374. The molecule has 3 N–H and O–H groups in total. The predicted octanol–water partition coefficient (Wildman–Crippen LogP) is 17.9. The first-order valence-corrected chi connectivity index (χ1v) is 29.1. The Morgan fingerprint density at radius 2 is 0.769 bits per heavy atom. The van der Waals surface area contributed by atoms with Gasteiger partial charge in [0.05, 0.1) is 25.4 Å². The van der Waals surface area contributed by atoms with Crippen LogP contribution in [0.4, 0.5) is 0 Å². The molecule has 0 aliphatic carbocycles. The standard InChI is InChI=1S/C59H113NO5/c1-3-5-7-9-11-13-15-17-19-21-22-23-24-25-26-27-28-30-32-35-39-43-47-51-57(62)56(55-61)60-58(63)52-48-44-40-36-34-38-42-46-50-54-65-59(64)53-49-45-41-37-33-31-29-20-18-16-14-12-10-8-6-4-2/h14,16,20,29,56-57,61-62H,3-13,15,17-19,21-28,30-55H2,1-2H3,(H,60,63)/b16-14-,29-20-. The van der Waals surface area contributed by atoms with Crippen molar-refractivity contribution in [3.8, 4) is 0 Å². The van der Waals surface area contributed by atoms with Gasteiger partial charge in [0.2, 0.25) is 5.91 Å². The van der Waals surface area contributed by atoms with Gasteiger partial charge in [0.25, 0.3) is 0 Å². The van der Waals surface area contributed by atoms with Crippen molar-refractivity contribution in [2.75, 3.05) is 13.2 Å². The Hall–Kier alpha value is -1.66. The highest BCUT2D eigenvalue weighted by atomic mass is 16.5. The fourth-order valence-electron chi connectivity index (χ4n) is 9.02. The highest BCUT2D eigenvalue weighted by molar-refractivity contribution is 5.76. The number of ether oxygens (including phenoxy) is 1. The zero-order valence-corrected chi connectivity index (χ0v) is 43.7. The summed E-state index contributed by atoms with van der Waals surface area (Å²) in [6, 6.07) is -0.564. The minimum atomic E-state index is -0.684. The molecule has 0 aromatic heterocycles. The van der Waals surface area contributed by atoms with E-state index in [9.17, 15) is 19.8 Å². The molecule has 0 rings (SSSR count). The minimum Gasteiger partial charge on any atom is -0.466 e. The van der Waals surface area contributed by atoms with E-state index in [2.05, 4.69) is 43.5 Å². The van der Waals surface area contributed by atoms with Crippen molar-refractivity contribution in [2.45, 2.75) is 328 Å². The van der Waals surface area contributed by atoms with Gasteiger partial charge in [-0.3, -0.25) is 9.59 Å². The summed E-state index contributed by atoms with van der Waals surface area (Å²) >= 11 is 0. The van der Waals surface area contributed by atoms with Crippen LogP contribution in [-0.2, 0) is 14.3 Å². The van der Waals surface area contributed by atoms with Crippen LogP contribution in [0.5, 0.6) is 0 Å². The van der Waals surface area contributed by atoms with Crippen LogP contribution in [0.3, 0.4) is 0 Å². The molecule has 0 bridgehead atoms. The summed E-state index contributed by atoms with van der Waals surface area (Å²) in [6.45, 7) is 4.88. The predicted molar refractivity (Wildman–Crippen MR) is 283 cm³/mol. The molecule has 0 radical (unpaired) electrons. The molecular weight excluding hydrogens is 803 g/mol. The molecule has 0 saturated heterocycles. The third-order valence-corrected chi connectivity index (χ3v) is 13.5. The number of amides is 1. The lowest BCUT2D eigenvalue weighted by molar-refractivity contribution is -0.143. The number of hydrogen-bond donors (Lipinski definition) is 3. The normalized spacial score (nSPS) is 12.7. The van der Waals surface area contributed by atoms with Crippen LogP contribution < -0.4 is 5.32 Å². The molecule has 384 valence electrons. The molecule has 6 nitrogen and oxygen atoms in total. The van der Waals surface area contributed by atoms with Gasteiger partial charge in [-0.2, -0.15) is 0 Å². The Morgan fingerprint density at radius 1 is 0.431 bits per heavy atom. The number of hydrogen-bond acceptors (Lipinski definition) is 5. The molecule has 0 fully saturated rings. The molecule has 1 amide bonds. The Balaban J connectivity index is 3.48. The number of unbranched alkanes of at least 4 members (excludes halogenated alkanes) is 39. The molecule has 2 unspecified atom stereocenters. The first-order valence-electron chi connectivity index (χ1n) is 29.1. The second-order valence-corrected chi connectivity index (χ2v) is 20.0. The number of aliphatic hydroxyl groups excluding tert-OH is 2. The monoisotopic (exact) mass is 916 g/mol. The van der Waals surface area contributed by atoms with Gasteiger partial charge in [0.15, 0.2) is 0 Å². The molecule has 65 heavy (non-hydrogen) atoms. The Kier molecular flexibility index (Phi) is 53.5. The highest BCUT2D eigenvalue weighted by Crippen LogP contribution is 2.17. The molecule has 6 heteroatoms. The van der Waals surface area contributed by atoms with Crippen molar-refractivity contribution < 1.29 is 24.5 Å². The zero-order chi connectivity index (χ0) is 47.2. The van der Waals surface area contributed by atoms with Crippen molar-refractivity contribution in [3.05, 3.63) is 24.3 Å². The number of rotatable bonds is 54. The van der Waals surface area contributed by atoms with E-state index >= 15 is 0 Å². The fourth-order valence-corrected chi connectivity index (χ4v) is 9.02. The average Bonchev–Trinajstić information content (AvgIpc) is 3.31. The third-order valence-electron chi connectivity index (χ3n) is 13.5. The van der Waals surface area contributed by atoms with Gasteiger partial charge < -0.3 is 20.3 Å². The molecule has 0 aromatic rings. The second-order valence-electron chi connectivity index (χ2n) is 20.0. The number of carbonyl (C=O) groups excluding carboxylic acids is 2. The summed E-state index contributed by atoms with van der Waals surface area (Å²) in [4.78, 5) is 24.6. The van der Waals surface area contributed by atoms with Gasteiger partial charge in [-0.15, -0.1) is 0 Å². The van der Waals surface area contributed by atoms with Crippen molar-refractivity contribution in [1.82, 2.24) is 5.32 Å². The molecule has 0 aliphatic heterocycles. The van der Waals surface area contributed by atoms with Gasteiger partial charge in [0, 0.05) is 12.8 Å². The maximum atomic E-state index is 12.5. The number of esters is 1. The molecular formula is C59H113NO5. The molecule has 0 aromatic carbocycles. The van der Waals surface area contributed by atoms with E-state index in [1.165, 1.54) is 212 Å². The summed E-state index contributed by atoms with van der Waals surface area (Å²) in [7, 11) is 0. The number of carbonyl (C=O) groups is 2. The second kappa shape index (κ2) is 54.9. The summed E-state index contributed by atoms with van der Waals surface area (Å²) < 4.78 is 5.46. The van der Waals surface area contributed by atoms with Gasteiger partial charge >= 0.3 is 5.97 Å². The Bertz CT molecular complexity index is 1010. The summed E-state index contributed by atoms with van der Waals surface area (Å²) in [6.07, 6.45) is 65.9. The van der Waals surface area contributed by atoms with E-state index in [1.807, 2.05) is 0 Å². The summed E-state index contributed by atoms with van der Waals surface area (Å²) in [5.74, 6) is -0.0981. The SMILES string of the molecule is CCCCCC/C=C\C/C=C\CCCCCCCC(=O)OCCCCCCCCCCCC(=O)NC(CO)C(O)CCCCCCCCCCCCCCCCCCCCCCCCC. The quantitative estimate of drug-likeness (QED) is 0.0321. The summed E-state index contributed by atoms with van der Waals surface area (Å²) in [5.41, 5.74) is 0. The van der Waals surface area contributed by atoms with Crippen LogP contribution in [-0.4, -0.2) is 47.4 Å². The van der Waals surface area contributed by atoms with Gasteiger partial charge in [-0.05, 0) is 57.8 Å². The van der Waals surface area contributed by atoms with Crippen LogP contribution in [0, 0.1) is 0 Å². The lowest BCUT2D eigenvalue weighted by atomic mass is 10.0. The first kappa shape index (κ1) is 63.3. The number of aliphatic hydroxyl groups is 2. The third kappa shape index (κ3) is 51.6. The smallest absolute Gasteiger partial charge is 0.305 e. The molecule has 0 spiro atoms. The highest BCUT2D eigenvalue weighted by Gasteiger charge is 2.20. The van der Waals surface area contributed by atoms with E-state index < -0.39 is 12.1 Å². The Labute approximate surface area is 405 Å². The van der Waals surface area contributed by atoms with E-state index in [-0.39, 0.29) is 18.5 Å². The van der Waals surface area contributed by atoms with Gasteiger partial charge in [-0.25, -0.2) is 0 Å². The average molecular weight is 917 g/mol. The molecule has 0 heterocycles. The van der Waals surface area contributed by atoms with E-state index in [0.717, 1.165) is 70.6 Å². The summed E-state index contributed by atoms with van der Waals surface area (Å²) in [5, 5.41) is 23.3. The topological polar surface area (TPSA) is 95.9 Å².